The van der Waals surface area contributed by atoms with Crippen molar-refractivity contribution < 1.29 is 23.5 Å². The number of carboxylic acid groups (broad SMARTS) is 1. The van der Waals surface area contributed by atoms with Crippen molar-refractivity contribution in [3.05, 3.63) is 35.4 Å². The number of carbonyl (C=O) groups excluding carboxylic acids is 1. The van der Waals surface area contributed by atoms with E-state index < -0.39 is 35.5 Å². The standard InChI is InChI=1S/C13H13F2NO3/c1-6(13(18)19)16-12(17)10-5-8(10)9-4-7(14)2-3-11(9)15/h2-4,6,8,10H,5H2,1H3,(H,16,17)(H,18,19)/t6-,8?,10?/m0/s1. The third-order valence-electron chi connectivity index (χ3n) is 3.21. The molecule has 1 amide bonds. The molecule has 19 heavy (non-hydrogen) atoms. The molecular formula is C13H13F2NO3. The van der Waals surface area contributed by atoms with Gasteiger partial charge in [0.15, 0.2) is 0 Å². The smallest absolute Gasteiger partial charge is 0.325 e. The molecule has 1 saturated carbocycles. The number of rotatable bonds is 4. The van der Waals surface area contributed by atoms with Crippen LogP contribution in [-0.4, -0.2) is 23.0 Å². The molecule has 1 fully saturated rings. The Morgan fingerprint density at radius 2 is 2.11 bits per heavy atom. The average Bonchev–Trinajstić information content (AvgIpc) is 3.12. The number of nitrogens with one attached hydrogen (secondary N) is 1. The lowest BCUT2D eigenvalue weighted by atomic mass is 10.1. The molecule has 2 unspecified atom stereocenters. The van der Waals surface area contributed by atoms with Crippen LogP contribution in [0.15, 0.2) is 18.2 Å². The normalized spacial score (nSPS) is 22.7. The molecule has 2 N–H and O–H groups in total. The van der Waals surface area contributed by atoms with Crippen molar-refractivity contribution in [1.29, 1.82) is 0 Å². The van der Waals surface area contributed by atoms with Gasteiger partial charge < -0.3 is 10.4 Å². The van der Waals surface area contributed by atoms with Crippen LogP contribution in [0.25, 0.3) is 0 Å². The maximum atomic E-state index is 13.5. The van der Waals surface area contributed by atoms with Gasteiger partial charge in [0, 0.05) is 5.92 Å². The highest BCUT2D eigenvalue weighted by Gasteiger charge is 2.45. The van der Waals surface area contributed by atoms with E-state index in [1.807, 2.05) is 0 Å². The van der Waals surface area contributed by atoms with Crippen LogP contribution in [0.3, 0.4) is 0 Å². The Morgan fingerprint density at radius 1 is 1.42 bits per heavy atom. The number of hydrogen-bond acceptors (Lipinski definition) is 2. The summed E-state index contributed by atoms with van der Waals surface area (Å²) in [6.45, 7) is 1.35. The first-order valence-corrected chi connectivity index (χ1v) is 5.88. The summed E-state index contributed by atoms with van der Waals surface area (Å²) in [6.07, 6.45) is 0.401. The lowest BCUT2D eigenvalue weighted by Crippen LogP contribution is -2.39. The molecule has 0 heterocycles. The van der Waals surface area contributed by atoms with Crippen LogP contribution in [0.5, 0.6) is 0 Å². The molecule has 1 aliphatic carbocycles. The Bertz CT molecular complexity index is 533. The zero-order chi connectivity index (χ0) is 14.2. The fourth-order valence-corrected chi connectivity index (χ4v) is 2.01. The number of carboxylic acids is 1. The van der Waals surface area contributed by atoms with Gasteiger partial charge in [-0.05, 0) is 43.0 Å². The van der Waals surface area contributed by atoms with Crippen LogP contribution < -0.4 is 5.32 Å². The van der Waals surface area contributed by atoms with Crippen molar-refractivity contribution >= 4 is 11.9 Å². The van der Waals surface area contributed by atoms with E-state index in [4.69, 9.17) is 5.11 Å². The second kappa shape index (κ2) is 4.95. The summed E-state index contributed by atoms with van der Waals surface area (Å²) >= 11 is 0. The first kappa shape index (κ1) is 13.5. The summed E-state index contributed by atoms with van der Waals surface area (Å²) < 4.78 is 26.5. The lowest BCUT2D eigenvalue weighted by molar-refractivity contribution is -0.141. The Balaban J connectivity index is 2.02. The molecule has 0 bridgehead atoms. The van der Waals surface area contributed by atoms with Crippen LogP contribution in [0.2, 0.25) is 0 Å². The minimum Gasteiger partial charge on any atom is -0.480 e. The van der Waals surface area contributed by atoms with Gasteiger partial charge in [-0.1, -0.05) is 0 Å². The molecule has 1 aliphatic rings. The van der Waals surface area contributed by atoms with Gasteiger partial charge in [0.2, 0.25) is 5.91 Å². The topological polar surface area (TPSA) is 66.4 Å². The monoisotopic (exact) mass is 269 g/mol. The van der Waals surface area contributed by atoms with Gasteiger partial charge in [0.05, 0.1) is 0 Å². The minimum absolute atomic E-state index is 0.170. The maximum Gasteiger partial charge on any atom is 0.325 e. The zero-order valence-electron chi connectivity index (χ0n) is 10.2. The predicted molar refractivity (Wildman–Crippen MR) is 62.4 cm³/mol. The molecule has 102 valence electrons. The summed E-state index contributed by atoms with van der Waals surface area (Å²) in [7, 11) is 0. The van der Waals surface area contributed by atoms with Gasteiger partial charge in [-0.2, -0.15) is 0 Å². The molecule has 0 aromatic heterocycles. The summed E-state index contributed by atoms with van der Waals surface area (Å²) in [5.74, 6) is -3.55. The van der Waals surface area contributed by atoms with E-state index in [0.717, 1.165) is 18.2 Å². The summed E-state index contributed by atoms with van der Waals surface area (Å²) in [4.78, 5) is 22.3. The lowest BCUT2D eigenvalue weighted by Gasteiger charge is -2.09. The SMILES string of the molecule is C[C@H](NC(=O)C1CC1c1cc(F)ccc1F)C(=O)O. The van der Waals surface area contributed by atoms with Crippen molar-refractivity contribution in [1.82, 2.24) is 5.32 Å². The Hall–Kier alpha value is -1.98. The molecule has 3 atom stereocenters. The summed E-state index contributed by atoms with van der Waals surface area (Å²) in [6, 6.07) is 2.13. The Morgan fingerprint density at radius 3 is 2.74 bits per heavy atom. The van der Waals surface area contributed by atoms with Crippen LogP contribution >= 0.6 is 0 Å². The quantitative estimate of drug-likeness (QED) is 0.873. The van der Waals surface area contributed by atoms with E-state index in [1.54, 1.807) is 0 Å². The highest BCUT2D eigenvalue weighted by Crippen LogP contribution is 2.48. The molecule has 0 radical (unpaired) electrons. The van der Waals surface area contributed by atoms with Gasteiger partial charge in [-0.15, -0.1) is 0 Å². The van der Waals surface area contributed by atoms with E-state index in [2.05, 4.69) is 5.32 Å². The highest BCUT2D eigenvalue weighted by atomic mass is 19.1. The molecule has 0 saturated heterocycles. The second-order valence-corrected chi connectivity index (χ2v) is 4.68. The first-order chi connectivity index (χ1) is 8.90. The van der Waals surface area contributed by atoms with E-state index >= 15 is 0 Å². The third kappa shape index (κ3) is 2.89. The molecule has 0 aliphatic heterocycles. The molecule has 0 spiro atoms. The molecule has 1 aromatic carbocycles. The Kier molecular flexibility index (Phi) is 3.50. The molecule has 1 aromatic rings. The van der Waals surface area contributed by atoms with E-state index in [-0.39, 0.29) is 11.5 Å². The number of benzene rings is 1. The number of halogens is 2. The average molecular weight is 269 g/mol. The summed E-state index contributed by atoms with van der Waals surface area (Å²) in [5, 5.41) is 11.0. The minimum atomic E-state index is -1.14. The van der Waals surface area contributed by atoms with E-state index in [0.29, 0.717) is 6.42 Å². The Labute approximate surface area is 108 Å². The number of hydrogen-bond donors (Lipinski definition) is 2. The highest BCUT2D eigenvalue weighted by molar-refractivity contribution is 5.87. The van der Waals surface area contributed by atoms with Gasteiger partial charge in [-0.25, -0.2) is 8.78 Å². The first-order valence-electron chi connectivity index (χ1n) is 5.88. The van der Waals surface area contributed by atoms with Crippen molar-refractivity contribution in [3.63, 3.8) is 0 Å². The van der Waals surface area contributed by atoms with Crippen molar-refractivity contribution in [2.24, 2.45) is 5.92 Å². The molecule has 6 heteroatoms. The fraction of sp³-hybridized carbons (Fsp3) is 0.385. The molecule has 4 nitrogen and oxygen atoms in total. The molecule has 2 rings (SSSR count). The number of aliphatic carboxylic acids is 1. The van der Waals surface area contributed by atoms with E-state index in [9.17, 15) is 18.4 Å². The summed E-state index contributed by atoms with van der Waals surface area (Å²) in [5.41, 5.74) is 0.170. The van der Waals surface area contributed by atoms with Gasteiger partial charge >= 0.3 is 5.97 Å². The van der Waals surface area contributed by atoms with Crippen LogP contribution in [0, 0.1) is 17.6 Å². The third-order valence-corrected chi connectivity index (χ3v) is 3.21. The van der Waals surface area contributed by atoms with Crippen LogP contribution in [0.4, 0.5) is 8.78 Å². The largest absolute Gasteiger partial charge is 0.480 e. The number of carbonyl (C=O) groups is 2. The van der Waals surface area contributed by atoms with Crippen molar-refractivity contribution in [2.45, 2.75) is 25.3 Å². The molecular weight excluding hydrogens is 256 g/mol. The van der Waals surface area contributed by atoms with Crippen LogP contribution in [0.1, 0.15) is 24.8 Å². The van der Waals surface area contributed by atoms with Gasteiger partial charge in [0.1, 0.15) is 17.7 Å². The van der Waals surface area contributed by atoms with Gasteiger partial charge in [-0.3, -0.25) is 9.59 Å². The zero-order valence-corrected chi connectivity index (χ0v) is 10.2. The maximum absolute atomic E-state index is 13.5. The van der Waals surface area contributed by atoms with E-state index in [1.165, 1.54) is 6.92 Å². The predicted octanol–water partition coefficient (Wildman–Crippen LogP) is 1.66. The fourth-order valence-electron chi connectivity index (χ4n) is 2.01. The number of amides is 1. The van der Waals surface area contributed by atoms with Gasteiger partial charge in [0.25, 0.3) is 0 Å². The van der Waals surface area contributed by atoms with Crippen molar-refractivity contribution in [3.8, 4) is 0 Å². The van der Waals surface area contributed by atoms with Crippen LogP contribution in [-0.2, 0) is 9.59 Å². The second-order valence-electron chi connectivity index (χ2n) is 4.68. The van der Waals surface area contributed by atoms with Crippen molar-refractivity contribution in [2.75, 3.05) is 0 Å².